The van der Waals surface area contributed by atoms with E-state index in [1.54, 1.807) is 0 Å². The molecule has 0 bridgehead atoms. The zero-order valence-corrected chi connectivity index (χ0v) is 13.7. The molecule has 1 amide bonds. The Hall–Kier alpha value is -2.05. The van der Waals surface area contributed by atoms with Gasteiger partial charge in [0, 0.05) is 11.6 Å². The Kier molecular flexibility index (Phi) is 4.28. The second-order valence-electron chi connectivity index (χ2n) is 5.02. The van der Waals surface area contributed by atoms with Gasteiger partial charge in [0.25, 0.3) is 5.91 Å². The monoisotopic (exact) mass is 347 g/mol. The number of thioether (sulfide) groups is 1. The molecule has 2 aromatic rings. The number of carbonyl (C=O) groups is 1. The van der Waals surface area contributed by atoms with Gasteiger partial charge in [0.1, 0.15) is 11.6 Å². The van der Waals surface area contributed by atoms with Gasteiger partial charge in [-0.2, -0.15) is 0 Å². The summed E-state index contributed by atoms with van der Waals surface area (Å²) in [5.74, 6) is -1.69. The molecule has 2 nitrogen and oxygen atoms in total. The van der Waals surface area contributed by atoms with E-state index < -0.39 is 11.6 Å². The maximum absolute atomic E-state index is 13.7. The Morgan fingerprint density at radius 2 is 1.83 bits per heavy atom. The number of hydrogen-bond acceptors (Lipinski definition) is 3. The van der Waals surface area contributed by atoms with Crippen molar-refractivity contribution in [2.75, 3.05) is 4.90 Å². The van der Waals surface area contributed by atoms with Gasteiger partial charge in [0.15, 0.2) is 4.32 Å². The summed E-state index contributed by atoms with van der Waals surface area (Å²) in [7, 11) is 0. The molecule has 6 heteroatoms. The smallest absolute Gasteiger partial charge is 0.268 e. The molecule has 0 N–H and O–H groups in total. The summed E-state index contributed by atoms with van der Waals surface area (Å²) < 4.78 is 27.1. The van der Waals surface area contributed by atoms with Crippen LogP contribution in [0.25, 0.3) is 6.08 Å². The third-order valence-corrected chi connectivity index (χ3v) is 4.64. The Morgan fingerprint density at radius 1 is 1.13 bits per heavy atom. The van der Waals surface area contributed by atoms with Crippen molar-refractivity contribution in [3.05, 3.63) is 70.1 Å². The fourth-order valence-electron chi connectivity index (χ4n) is 2.14. The highest BCUT2D eigenvalue weighted by Crippen LogP contribution is 2.36. The molecule has 1 saturated heterocycles. The molecular formula is C17H11F2NOS2. The van der Waals surface area contributed by atoms with E-state index in [0.29, 0.717) is 14.9 Å². The number of carbonyl (C=O) groups excluding carboxylic acids is 1. The maximum atomic E-state index is 13.7. The number of aryl methyl sites for hydroxylation is 1. The first-order chi connectivity index (χ1) is 11.0. The van der Waals surface area contributed by atoms with Crippen LogP contribution in [0.2, 0.25) is 0 Å². The molecule has 116 valence electrons. The summed E-state index contributed by atoms with van der Waals surface area (Å²) >= 11 is 6.35. The van der Waals surface area contributed by atoms with E-state index in [1.165, 1.54) is 17.0 Å². The molecule has 0 spiro atoms. The van der Waals surface area contributed by atoms with Gasteiger partial charge in [-0.3, -0.25) is 9.69 Å². The van der Waals surface area contributed by atoms with Crippen LogP contribution in [0.15, 0.2) is 47.4 Å². The molecule has 23 heavy (non-hydrogen) atoms. The largest absolute Gasteiger partial charge is 0.270 e. The Bertz CT molecular complexity index is 831. The van der Waals surface area contributed by atoms with Crippen molar-refractivity contribution in [3.8, 4) is 0 Å². The average molecular weight is 347 g/mol. The number of hydrogen-bond donors (Lipinski definition) is 0. The summed E-state index contributed by atoms with van der Waals surface area (Å²) in [5.41, 5.74) is 1.89. The lowest BCUT2D eigenvalue weighted by Gasteiger charge is -2.14. The quantitative estimate of drug-likeness (QED) is 0.581. The van der Waals surface area contributed by atoms with Crippen LogP contribution < -0.4 is 4.90 Å². The van der Waals surface area contributed by atoms with E-state index in [1.807, 2.05) is 31.2 Å². The number of nitrogens with zero attached hydrogens (tertiary/aromatic N) is 1. The second-order valence-corrected chi connectivity index (χ2v) is 6.69. The molecular weight excluding hydrogens is 336 g/mol. The molecule has 1 aliphatic rings. The molecule has 0 radical (unpaired) electrons. The Balaban J connectivity index is 1.94. The summed E-state index contributed by atoms with van der Waals surface area (Å²) in [5, 5.41) is 0. The molecule has 0 aromatic heterocycles. The number of benzene rings is 2. The van der Waals surface area contributed by atoms with Crippen LogP contribution in [0.3, 0.4) is 0 Å². The van der Waals surface area contributed by atoms with Crippen molar-refractivity contribution in [3.63, 3.8) is 0 Å². The van der Waals surface area contributed by atoms with Crippen molar-refractivity contribution < 1.29 is 13.6 Å². The number of rotatable bonds is 2. The Morgan fingerprint density at radius 3 is 2.48 bits per heavy atom. The first-order valence-corrected chi connectivity index (χ1v) is 7.98. The zero-order chi connectivity index (χ0) is 16.6. The van der Waals surface area contributed by atoms with Gasteiger partial charge in [0.05, 0.1) is 10.6 Å². The highest BCUT2D eigenvalue weighted by molar-refractivity contribution is 8.27. The van der Waals surface area contributed by atoms with Gasteiger partial charge in [-0.05, 0) is 37.3 Å². The summed E-state index contributed by atoms with van der Waals surface area (Å²) in [6.45, 7) is 1.95. The van der Waals surface area contributed by atoms with Gasteiger partial charge in [0.2, 0.25) is 0 Å². The van der Waals surface area contributed by atoms with E-state index in [-0.39, 0.29) is 11.5 Å². The molecule has 0 saturated carbocycles. The van der Waals surface area contributed by atoms with Gasteiger partial charge < -0.3 is 0 Å². The first kappa shape index (κ1) is 15.8. The third-order valence-electron chi connectivity index (χ3n) is 3.33. The molecule has 1 fully saturated rings. The van der Waals surface area contributed by atoms with Crippen molar-refractivity contribution in [1.82, 2.24) is 0 Å². The normalized spacial score (nSPS) is 16.5. The minimum atomic E-state index is -0.717. The average Bonchev–Trinajstić information content (AvgIpc) is 2.78. The Labute approximate surface area is 141 Å². The third kappa shape index (κ3) is 3.18. The van der Waals surface area contributed by atoms with E-state index >= 15 is 0 Å². The summed E-state index contributed by atoms with van der Waals surface area (Å²) in [4.78, 5) is 14.3. The zero-order valence-electron chi connectivity index (χ0n) is 12.0. The SMILES string of the molecule is Cc1ccc(N2C(=O)/C(=C\c3ccc(F)cc3F)SC2=S)cc1. The first-order valence-electron chi connectivity index (χ1n) is 6.75. The summed E-state index contributed by atoms with van der Waals surface area (Å²) in [6, 6.07) is 10.6. The van der Waals surface area contributed by atoms with Gasteiger partial charge >= 0.3 is 0 Å². The predicted octanol–water partition coefficient (Wildman–Crippen LogP) is 4.68. The van der Waals surface area contributed by atoms with Crippen LogP contribution in [0.4, 0.5) is 14.5 Å². The molecule has 1 aliphatic heterocycles. The standard InChI is InChI=1S/C17H11F2NOS2/c1-10-2-6-13(7-3-10)20-16(21)15(23-17(20)22)8-11-4-5-12(18)9-14(11)19/h2-9H,1H3/b15-8+. The van der Waals surface area contributed by atoms with Gasteiger partial charge in [-0.15, -0.1) is 0 Å². The molecule has 2 aromatic carbocycles. The van der Waals surface area contributed by atoms with Crippen molar-refractivity contribution >= 4 is 46.0 Å². The lowest BCUT2D eigenvalue weighted by molar-refractivity contribution is -0.113. The van der Waals surface area contributed by atoms with Crippen LogP contribution in [-0.4, -0.2) is 10.2 Å². The van der Waals surface area contributed by atoms with Crippen LogP contribution in [0.5, 0.6) is 0 Å². The molecule has 3 rings (SSSR count). The van der Waals surface area contributed by atoms with Crippen LogP contribution in [0, 0.1) is 18.6 Å². The van der Waals surface area contributed by atoms with Crippen molar-refractivity contribution in [2.45, 2.75) is 6.92 Å². The molecule has 0 atom stereocenters. The molecule has 1 heterocycles. The highest BCUT2D eigenvalue weighted by Gasteiger charge is 2.33. The predicted molar refractivity (Wildman–Crippen MR) is 93.2 cm³/mol. The second kappa shape index (κ2) is 6.22. The lowest BCUT2D eigenvalue weighted by Crippen LogP contribution is -2.27. The van der Waals surface area contributed by atoms with Crippen LogP contribution >= 0.6 is 24.0 Å². The van der Waals surface area contributed by atoms with E-state index in [2.05, 4.69) is 0 Å². The number of thiocarbonyl (C=S) groups is 1. The minimum Gasteiger partial charge on any atom is -0.268 e. The molecule has 0 unspecified atom stereocenters. The number of halogens is 2. The van der Waals surface area contributed by atoms with Crippen molar-refractivity contribution in [1.29, 1.82) is 0 Å². The fourth-order valence-corrected chi connectivity index (χ4v) is 3.43. The highest BCUT2D eigenvalue weighted by atomic mass is 32.2. The van der Waals surface area contributed by atoms with Crippen LogP contribution in [0.1, 0.15) is 11.1 Å². The van der Waals surface area contributed by atoms with Crippen molar-refractivity contribution in [2.24, 2.45) is 0 Å². The topological polar surface area (TPSA) is 20.3 Å². The van der Waals surface area contributed by atoms with Gasteiger partial charge in [-0.25, -0.2) is 8.78 Å². The minimum absolute atomic E-state index is 0.149. The number of anilines is 1. The van der Waals surface area contributed by atoms with Crippen LogP contribution in [-0.2, 0) is 4.79 Å². The summed E-state index contributed by atoms with van der Waals surface area (Å²) in [6.07, 6.45) is 1.39. The molecule has 0 aliphatic carbocycles. The lowest BCUT2D eigenvalue weighted by atomic mass is 10.2. The van der Waals surface area contributed by atoms with Gasteiger partial charge in [-0.1, -0.05) is 41.7 Å². The van der Waals surface area contributed by atoms with E-state index in [0.717, 1.165) is 29.5 Å². The fraction of sp³-hybridized carbons (Fsp3) is 0.0588. The number of amides is 1. The van der Waals surface area contributed by atoms with E-state index in [4.69, 9.17) is 12.2 Å². The van der Waals surface area contributed by atoms with E-state index in [9.17, 15) is 13.6 Å². The maximum Gasteiger partial charge on any atom is 0.270 e.